The molecule has 3 aromatic rings. The van der Waals surface area contributed by atoms with Gasteiger partial charge < -0.3 is 5.32 Å². The van der Waals surface area contributed by atoms with E-state index in [4.69, 9.17) is 0 Å². The van der Waals surface area contributed by atoms with Crippen molar-refractivity contribution in [2.24, 2.45) is 0 Å². The number of hydrogen-bond acceptors (Lipinski definition) is 7. The minimum absolute atomic E-state index is 0.0361. The zero-order chi connectivity index (χ0) is 20.5. The van der Waals surface area contributed by atoms with E-state index in [1.807, 2.05) is 30.3 Å². The van der Waals surface area contributed by atoms with E-state index < -0.39 is 29.2 Å². The average molecular weight is 408 g/mol. The van der Waals surface area contributed by atoms with Crippen molar-refractivity contribution in [1.29, 1.82) is 0 Å². The van der Waals surface area contributed by atoms with Crippen molar-refractivity contribution in [1.82, 2.24) is 9.88 Å². The number of nitrogens with one attached hydrogen (secondary N) is 1. The standard InChI is InChI=1S/C19H12N4O5S/c24-16(21-19-20-15(10-29-19)11-4-2-1-3-5-11)9-22-17(25)13-7-6-12(23(27)28)8-14(13)18(22)26/h1-8,10H,9H2,(H,20,21,24). The van der Waals surface area contributed by atoms with Crippen LogP contribution >= 0.6 is 11.3 Å². The van der Waals surface area contributed by atoms with Gasteiger partial charge in [0.15, 0.2) is 5.13 Å². The quantitative estimate of drug-likeness (QED) is 0.393. The monoisotopic (exact) mass is 408 g/mol. The number of carbonyl (C=O) groups excluding carboxylic acids is 3. The maximum absolute atomic E-state index is 12.4. The van der Waals surface area contributed by atoms with E-state index in [9.17, 15) is 24.5 Å². The van der Waals surface area contributed by atoms with Crippen molar-refractivity contribution >= 4 is 39.9 Å². The van der Waals surface area contributed by atoms with Crippen LogP contribution in [0, 0.1) is 10.1 Å². The number of benzene rings is 2. The van der Waals surface area contributed by atoms with Gasteiger partial charge in [0.05, 0.1) is 21.7 Å². The van der Waals surface area contributed by atoms with E-state index in [0.29, 0.717) is 10.8 Å². The molecule has 0 fully saturated rings. The van der Waals surface area contributed by atoms with Gasteiger partial charge in [0.25, 0.3) is 17.5 Å². The Morgan fingerprint density at radius 2 is 1.83 bits per heavy atom. The first-order chi connectivity index (χ1) is 13.9. The molecular weight excluding hydrogens is 396 g/mol. The van der Waals surface area contributed by atoms with Crippen molar-refractivity contribution in [3.63, 3.8) is 0 Å². The molecule has 1 aliphatic rings. The number of nitro benzene ring substituents is 1. The Labute approximate surface area is 167 Å². The van der Waals surface area contributed by atoms with Crippen LogP contribution in [0.4, 0.5) is 10.8 Å². The van der Waals surface area contributed by atoms with Crippen LogP contribution < -0.4 is 5.32 Å². The van der Waals surface area contributed by atoms with E-state index in [-0.39, 0.29) is 16.8 Å². The van der Waals surface area contributed by atoms with Gasteiger partial charge in [0, 0.05) is 23.1 Å². The van der Waals surface area contributed by atoms with Crippen LogP contribution in [0.15, 0.2) is 53.9 Å². The van der Waals surface area contributed by atoms with E-state index in [2.05, 4.69) is 10.3 Å². The Morgan fingerprint density at radius 1 is 1.10 bits per heavy atom. The Kier molecular flexibility index (Phi) is 4.61. The summed E-state index contributed by atoms with van der Waals surface area (Å²) in [6, 6.07) is 12.8. The average Bonchev–Trinajstić information content (AvgIpc) is 3.27. The third-order valence-electron chi connectivity index (χ3n) is 4.29. The number of rotatable bonds is 5. The Balaban J connectivity index is 1.46. The van der Waals surface area contributed by atoms with Crippen LogP contribution in [0.5, 0.6) is 0 Å². The third kappa shape index (κ3) is 3.48. The predicted molar refractivity (Wildman–Crippen MR) is 105 cm³/mol. The van der Waals surface area contributed by atoms with Gasteiger partial charge in [0.2, 0.25) is 5.91 Å². The molecule has 4 rings (SSSR count). The molecule has 2 heterocycles. The molecule has 144 valence electrons. The van der Waals surface area contributed by atoms with Crippen molar-refractivity contribution < 1.29 is 19.3 Å². The first-order valence-corrected chi connectivity index (χ1v) is 9.27. The van der Waals surface area contributed by atoms with Crippen LogP contribution in [-0.4, -0.2) is 39.1 Å². The SMILES string of the molecule is O=C(CN1C(=O)c2ccc([N+](=O)[O-])cc2C1=O)Nc1nc(-c2ccccc2)cs1. The number of anilines is 1. The summed E-state index contributed by atoms with van der Waals surface area (Å²) in [4.78, 5) is 52.5. The van der Waals surface area contributed by atoms with Gasteiger partial charge >= 0.3 is 0 Å². The van der Waals surface area contributed by atoms with E-state index in [1.54, 1.807) is 5.38 Å². The lowest BCUT2D eigenvalue weighted by molar-refractivity contribution is -0.384. The number of hydrogen-bond donors (Lipinski definition) is 1. The number of non-ortho nitro benzene ring substituents is 1. The van der Waals surface area contributed by atoms with Crippen LogP contribution in [0.25, 0.3) is 11.3 Å². The molecular formula is C19H12N4O5S. The zero-order valence-corrected chi connectivity index (χ0v) is 15.5. The van der Waals surface area contributed by atoms with Gasteiger partial charge in [-0.25, -0.2) is 4.98 Å². The van der Waals surface area contributed by atoms with Gasteiger partial charge in [-0.1, -0.05) is 30.3 Å². The number of carbonyl (C=O) groups is 3. The minimum Gasteiger partial charge on any atom is -0.300 e. The number of amides is 3. The van der Waals surface area contributed by atoms with Gasteiger partial charge in [-0.2, -0.15) is 0 Å². The number of imide groups is 1. The topological polar surface area (TPSA) is 123 Å². The summed E-state index contributed by atoms with van der Waals surface area (Å²) in [6.45, 7) is -0.513. The molecule has 0 spiro atoms. The third-order valence-corrected chi connectivity index (χ3v) is 5.04. The van der Waals surface area contributed by atoms with Crippen LogP contribution in [0.1, 0.15) is 20.7 Å². The smallest absolute Gasteiger partial charge is 0.270 e. The molecule has 1 N–H and O–H groups in total. The second-order valence-electron chi connectivity index (χ2n) is 6.14. The molecule has 0 saturated heterocycles. The van der Waals surface area contributed by atoms with Crippen molar-refractivity contribution in [3.8, 4) is 11.3 Å². The fourth-order valence-corrected chi connectivity index (χ4v) is 3.65. The summed E-state index contributed by atoms with van der Waals surface area (Å²) in [5.74, 6) is -2.00. The summed E-state index contributed by atoms with van der Waals surface area (Å²) >= 11 is 1.22. The number of nitrogens with zero attached hydrogens (tertiary/aromatic N) is 3. The van der Waals surface area contributed by atoms with Crippen molar-refractivity contribution in [2.75, 3.05) is 11.9 Å². The molecule has 0 radical (unpaired) electrons. The van der Waals surface area contributed by atoms with Gasteiger partial charge in [0.1, 0.15) is 6.54 Å². The number of nitro groups is 1. The fourth-order valence-electron chi connectivity index (χ4n) is 2.91. The van der Waals surface area contributed by atoms with E-state index in [1.165, 1.54) is 17.4 Å². The van der Waals surface area contributed by atoms with Gasteiger partial charge in [-0.05, 0) is 6.07 Å². The van der Waals surface area contributed by atoms with Crippen LogP contribution in [0.3, 0.4) is 0 Å². The first kappa shape index (κ1) is 18.4. The van der Waals surface area contributed by atoms with E-state index in [0.717, 1.165) is 22.6 Å². The number of aromatic nitrogens is 1. The van der Waals surface area contributed by atoms with E-state index >= 15 is 0 Å². The maximum atomic E-state index is 12.4. The molecule has 29 heavy (non-hydrogen) atoms. The zero-order valence-electron chi connectivity index (χ0n) is 14.7. The molecule has 0 atom stereocenters. The lowest BCUT2D eigenvalue weighted by atomic mass is 10.1. The summed E-state index contributed by atoms with van der Waals surface area (Å²) in [7, 11) is 0. The highest BCUT2D eigenvalue weighted by molar-refractivity contribution is 7.14. The van der Waals surface area contributed by atoms with Gasteiger partial charge in [-0.15, -0.1) is 11.3 Å². The highest BCUT2D eigenvalue weighted by atomic mass is 32.1. The molecule has 0 saturated carbocycles. The lowest BCUT2D eigenvalue weighted by Crippen LogP contribution is -2.37. The molecule has 3 amide bonds. The number of fused-ring (bicyclic) bond motifs is 1. The number of thiazole rings is 1. The molecule has 0 aliphatic carbocycles. The summed E-state index contributed by atoms with van der Waals surface area (Å²) in [5, 5.41) is 15.6. The second-order valence-corrected chi connectivity index (χ2v) is 6.99. The molecule has 0 unspecified atom stereocenters. The highest BCUT2D eigenvalue weighted by Gasteiger charge is 2.37. The molecule has 2 aromatic carbocycles. The molecule has 9 nitrogen and oxygen atoms in total. The van der Waals surface area contributed by atoms with Crippen LogP contribution in [-0.2, 0) is 4.79 Å². The molecule has 1 aromatic heterocycles. The maximum Gasteiger partial charge on any atom is 0.270 e. The molecule has 10 heteroatoms. The van der Waals surface area contributed by atoms with Gasteiger partial charge in [-0.3, -0.25) is 29.4 Å². The second kappa shape index (κ2) is 7.24. The largest absolute Gasteiger partial charge is 0.300 e. The minimum atomic E-state index is -0.743. The first-order valence-electron chi connectivity index (χ1n) is 8.39. The normalized spacial score (nSPS) is 12.8. The summed E-state index contributed by atoms with van der Waals surface area (Å²) in [6.07, 6.45) is 0. The molecule has 1 aliphatic heterocycles. The molecule has 0 bridgehead atoms. The Morgan fingerprint density at radius 3 is 2.55 bits per heavy atom. The predicted octanol–water partition coefficient (Wildman–Crippen LogP) is 2.95. The van der Waals surface area contributed by atoms with Crippen molar-refractivity contribution in [3.05, 3.63) is 75.2 Å². The Hall–Kier alpha value is -3.92. The highest BCUT2D eigenvalue weighted by Crippen LogP contribution is 2.27. The fraction of sp³-hybridized carbons (Fsp3) is 0.0526. The summed E-state index contributed by atoms with van der Waals surface area (Å²) < 4.78 is 0. The summed E-state index contributed by atoms with van der Waals surface area (Å²) in [5.41, 5.74) is 1.24. The van der Waals surface area contributed by atoms with Crippen molar-refractivity contribution in [2.45, 2.75) is 0 Å². The lowest BCUT2D eigenvalue weighted by Gasteiger charge is -2.12. The Bertz CT molecular complexity index is 1160. The van der Waals surface area contributed by atoms with Crippen LogP contribution in [0.2, 0.25) is 0 Å².